The predicted octanol–water partition coefficient (Wildman–Crippen LogP) is 3.14. The minimum atomic E-state index is 0. The second-order valence-corrected chi connectivity index (χ2v) is 5.24. The van der Waals surface area contributed by atoms with Gasteiger partial charge in [-0.3, -0.25) is 0 Å². The maximum Gasteiger partial charge on any atom is 0.162 e. The summed E-state index contributed by atoms with van der Waals surface area (Å²) in [6.45, 7) is 7.89. The molecule has 0 aliphatic rings. The van der Waals surface area contributed by atoms with E-state index in [2.05, 4.69) is 21.2 Å². The second kappa shape index (κ2) is 10.3. The average molecular weight is 369 g/mol. The Bertz CT molecular complexity index is 402. The highest BCUT2D eigenvalue weighted by Gasteiger charge is 2.11. The third kappa shape index (κ3) is 6.31. The maximum absolute atomic E-state index is 8.78. The Morgan fingerprint density at radius 1 is 1.30 bits per heavy atom. The third-order valence-electron chi connectivity index (χ3n) is 2.38. The molecule has 0 aliphatic heterocycles. The fourth-order valence-electron chi connectivity index (χ4n) is 1.63. The molecule has 20 heavy (non-hydrogen) atoms. The van der Waals surface area contributed by atoms with Gasteiger partial charge in [0.05, 0.1) is 19.3 Å². The monoisotopic (exact) mass is 367 g/mol. The Labute approximate surface area is 135 Å². The number of halogens is 2. The van der Waals surface area contributed by atoms with E-state index in [-0.39, 0.29) is 25.1 Å². The molecule has 1 aromatic carbocycles. The van der Waals surface area contributed by atoms with Gasteiger partial charge >= 0.3 is 0 Å². The molecule has 2 N–H and O–H groups in total. The zero-order valence-corrected chi connectivity index (χ0v) is 14.5. The van der Waals surface area contributed by atoms with E-state index in [9.17, 15) is 0 Å². The molecule has 0 unspecified atom stereocenters. The van der Waals surface area contributed by atoms with Gasteiger partial charge in [0.1, 0.15) is 0 Å². The molecule has 0 bridgehead atoms. The van der Waals surface area contributed by atoms with Crippen LogP contribution in [0.5, 0.6) is 11.5 Å². The van der Waals surface area contributed by atoms with E-state index < -0.39 is 0 Å². The van der Waals surface area contributed by atoms with Crippen LogP contribution in [-0.4, -0.2) is 31.0 Å². The van der Waals surface area contributed by atoms with Crippen molar-refractivity contribution >= 4 is 28.3 Å². The van der Waals surface area contributed by atoms with Crippen LogP contribution < -0.4 is 14.8 Å². The number of hydrogen-bond acceptors (Lipinski definition) is 4. The summed E-state index contributed by atoms with van der Waals surface area (Å²) in [7, 11) is 0. The smallest absolute Gasteiger partial charge is 0.162 e. The van der Waals surface area contributed by atoms with Crippen LogP contribution in [-0.2, 0) is 6.54 Å². The van der Waals surface area contributed by atoms with Crippen LogP contribution in [0.3, 0.4) is 0 Å². The Kier molecular flexibility index (Phi) is 10.0. The van der Waals surface area contributed by atoms with Crippen molar-refractivity contribution in [3.63, 3.8) is 0 Å². The number of nitrogens with one attached hydrogen (secondary N) is 1. The third-order valence-corrected chi connectivity index (χ3v) is 3.12. The summed E-state index contributed by atoms with van der Waals surface area (Å²) in [5, 5.41) is 11.9. The van der Waals surface area contributed by atoms with Crippen LogP contribution in [0.15, 0.2) is 16.6 Å². The lowest BCUT2D eigenvalue weighted by Crippen LogP contribution is -2.18. The molecule has 0 spiro atoms. The van der Waals surface area contributed by atoms with Gasteiger partial charge in [-0.25, -0.2) is 0 Å². The lowest BCUT2D eigenvalue weighted by Gasteiger charge is -2.17. The van der Waals surface area contributed by atoms with Gasteiger partial charge in [0.2, 0.25) is 0 Å². The van der Waals surface area contributed by atoms with Crippen LogP contribution in [0.1, 0.15) is 26.3 Å². The summed E-state index contributed by atoms with van der Waals surface area (Å²) in [5.41, 5.74) is 1.08. The van der Waals surface area contributed by atoms with Crippen molar-refractivity contribution in [1.29, 1.82) is 0 Å². The van der Waals surface area contributed by atoms with E-state index in [0.29, 0.717) is 19.7 Å². The summed E-state index contributed by atoms with van der Waals surface area (Å²) in [4.78, 5) is 0. The number of hydrogen-bond donors (Lipinski definition) is 2. The Morgan fingerprint density at radius 3 is 2.55 bits per heavy atom. The van der Waals surface area contributed by atoms with Gasteiger partial charge in [0, 0.05) is 17.6 Å². The highest BCUT2D eigenvalue weighted by molar-refractivity contribution is 9.10. The first kappa shape index (κ1) is 19.5. The van der Waals surface area contributed by atoms with Crippen molar-refractivity contribution < 1.29 is 14.6 Å². The van der Waals surface area contributed by atoms with Crippen molar-refractivity contribution in [3.05, 3.63) is 22.2 Å². The number of rotatable bonds is 8. The minimum Gasteiger partial charge on any atom is -0.490 e. The summed E-state index contributed by atoms with van der Waals surface area (Å²) in [6, 6.07) is 3.90. The maximum atomic E-state index is 8.78. The van der Waals surface area contributed by atoms with Crippen molar-refractivity contribution in [1.82, 2.24) is 5.32 Å². The number of ether oxygens (including phenoxy) is 2. The molecule has 0 radical (unpaired) electrons. The lowest BCUT2D eigenvalue weighted by molar-refractivity contribution is 0.223. The molecule has 0 heterocycles. The fraction of sp³-hybridized carbons (Fsp3) is 0.571. The molecule has 116 valence electrons. The highest BCUT2D eigenvalue weighted by atomic mass is 79.9. The summed E-state index contributed by atoms with van der Waals surface area (Å²) < 4.78 is 12.3. The van der Waals surface area contributed by atoms with E-state index in [4.69, 9.17) is 14.6 Å². The van der Waals surface area contributed by atoms with Crippen LogP contribution in [0.25, 0.3) is 0 Å². The topological polar surface area (TPSA) is 50.7 Å². The van der Waals surface area contributed by atoms with Gasteiger partial charge in [-0.15, -0.1) is 12.4 Å². The van der Waals surface area contributed by atoms with Gasteiger partial charge in [0.25, 0.3) is 0 Å². The molecule has 0 aliphatic carbocycles. The van der Waals surface area contributed by atoms with Gasteiger partial charge in [0.15, 0.2) is 11.5 Å². The normalized spacial score (nSPS) is 10.3. The highest BCUT2D eigenvalue weighted by Crippen LogP contribution is 2.34. The molecule has 1 rings (SSSR count). The van der Waals surface area contributed by atoms with E-state index >= 15 is 0 Å². The molecule has 0 amide bonds. The first-order chi connectivity index (χ1) is 9.08. The van der Waals surface area contributed by atoms with E-state index in [1.165, 1.54) is 0 Å². The van der Waals surface area contributed by atoms with Crippen molar-refractivity contribution in [2.24, 2.45) is 0 Å². The Hall–Kier alpha value is -0.490. The van der Waals surface area contributed by atoms with Crippen molar-refractivity contribution in [3.8, 4) is 11.5 Å². The molecule has 0 saturated heterocycles. The van der Waals surface area contributed by atoms with Crippen LogP contribution in [0, 0.1) is 0 Å². The summed E-state index contributed by atoms with van der Waals surface area (Å²) >= 11 is 3.54. The molecule has 0 atom stereocenters. The first-order valence-electron chi connectivity index (χ1n) is 6.52. The van der Waals surface area contributed by atoms with Crippen LogP contribution in [0.2, 0.25) is 0 Å². The lowest BCUT2D eigenvalue weighted by atomic mass is 10.2. The predicted molar refractivity (Wildman–Crippen MR) is 87.1 cm³/mol. The van der Waals surface area contributed by atoms with E-state index in [1.54, 1.807) is 0 Å². The van der Waals surface area contributed by atoms with Gasteiger partial charge in [-0.05, 0) is 38.5 Å². The van der Waals surface area contributed by atoms with Crippen LogP contribution >= 0.6 is 28.3 Å². The summed E-state index contributed by atoms with van der Waals surface area (Å²) in [6.07, 6.45) is 0.101. The SMILES string of the molecule is CCOc1cc(CNCCO)c(Br)cc1OC(C)C.Cl. The molecule has 6 heteroatoms. The quantitative estimate of drug-likeness (QED) is 0.692. The molecule has 1 aromatic rings. The minimum absolute atomic E-state index is 0. The molecular weight excluding hydrogens is 346 g/mol. The van der Waals surface area contributed by atoms with Gasteiger partial charge in [-0.1, -0.05) is 15.9 Å². The Balaban J connectivity index is 0.00000361. The summed E-state index contributed by atoms with van der Waals surface area (Å²) in [5.74, 6) is 1.50. The van der Waals surface area contributed by atoms with Gasteiger partial charge < -0.3 is 19.9 Å². The average Bonchev–Trinajstić information content (AvgIpc) is 2.34. The number of benzene rings is 1. The zero-order chi connectivity index (χ0) is 14.3. The van der Waals surface area contributed by atoms with Crippen LogP contribution in [0.4, 0.5) is 0 Å². The van der Waals surface area contributed by atoms with Crippen molar-refractivity contribution in [2.75, 3.05) is 19.8 Å². The standard InChI is InChI=1S/C14H22BrNO3.ClH/c1-4-18-13-7-11(9-16-5-6-17)12(15)8-14(13)19-10(2)3;/h7-8,10,16-17H,4-6,9H2,1-3H3;1H. The molecular formula is C14H23BrClNO3. The fourth-order valence-corrected chi connectivity index (χ4v) is 2.09. The number of aliphatic hydroxyl groups excluding tert-OH is 1. The zero-order valence-electron chi connectivity index (χ0n) is 12.1. The molecule has 0 aromatic heterocycles. The molecule has 0 fully saturated rings. The van der Waals surface area contributed by atoms with Crippen molar-refractivity contribution in [2.45, 2.75) is 33.4 Å². The first-order valence-corrected chi connectivity index (χ1v) is 7.31. The second-order valence-electron chi connectivity index (χ2n) is 4.39. The molecule has 4 nitrogen and oxygen atoms in total. The largest absolute Gasteiger partial charge is 0.490 e. The van der Waals surface area contributed by atoms with E-state index in [0.717, 1.165) is 21.5 Å². The Morgan fingerprint density at radius 2 is 2.00 bits per heavy atom. The van der Waals surface area contributed by atoms with E-state index in [1.807, 2.05) is 32.9 Å². The molecule has 0 saturated carbocycles. The van der Waals surface area contributed by atoms with Gasteiger partial charge in [-0.2, -0.15) is 0 Å². The number of aliphatic hydroxyl groups is 1.